The average molecular weight is 209 g/mol. The van der Waals surface area contributed by atoms with Crippen molar-refractivity contribution in [2.45, 2.75) is 19.3 Å². The molecule has 3 heteroatoms. The maximum absolute atomic E-state index is 13.6. The minimum absolute atomic E-state index is 0.0432. The lowest BCUT2D eigenvalue weighted by Crippen LogP contribution is -2.21. The molecular formula is C12H16FNO. The van der Waals surface area contributed by atoms with E-state index in [0.29, 0.717) is 12.1 Å². The van der Waals surface area contributed by atoms with Gasteiger partial charge in [0.1, 0.15) is 5.82 Å². The van der Waals surface area contributed by atoms with Gasteiger partial charge in [0.05, 0.1) is 6.61 Å². The van der Waals surface area contributed by atoms with E-state index >= 15 is 0 Å². The fourth-order valence-corrected chi connectivity index (χ4v) is 2.18. The molecule has 0 amide bonds. The number of aryl methyl sites for hydroxylation is 1. The second-order valence-electron chi connectivity index (χ2n) is 4.51. The number of halogens is 1. The van der Waals surface area contributed by atoms with E-state index in [4.69, 9.17) is 5.73 Å². The molecule has 1 aromatic rings. The SMILES string of the molecule is Cc1ccc(F)c(C2CC2(CN)CO)c1. The standard InChI is InChI=1S/C12H16FNO/c1-8-2-3-11(13)9(4-8)10-5-12(10,6-14)7-15/h2-4,10,15H,5-7,14H2,1H3. The highest BCUT2D eigenvalue weighted by Gasteiger charge is 2.54. The monoisotopic (exact) mass is 209 g/mol. The Morgan fingerprint density at radius 3 is 2.87 bits per heavy atom. The van der Waals surface area contributed by atoms with Crippen LogP contribution >= 0.6 is 0 Å². The fourth-order valence-electron chi connectivity index (χ4n) is 2.18. The third-order valence-electron chi connectivity index (χ3n) is 3.44. The molecule has 2 unspecified atom stereocenters. The molecular weight excluding hydrogens is 193 g/mol. The first kappa shape index (κ1) is 10.6. The molecule has 3 N–H and O–H groups in total. The molecule has 0 aromatic heterocycles. The number of rotatable bonds is 3. The molecule has 1 fully saturated rings. The van der Waals surface area contributed by atoms with Gasteiger partial charge in [-0.25, -0.2) is 4.39 Å². The summed E-state index contributed by atoms with van der Waals surface area (Å²) < 4.78 is 13.6. The number of aliphatic hydroxyl groups is 1. The molecule has 0 spiro atoms. The van der Waals surface area contributed by atoms with Crippen molar-refractivity contribution in [1.29, 1.82) is 0 Å². The number of nitrogens with two attached hydrogens (primary N) is 1. The summed E-state index contributed by atoms with van der Waals surface area (Å²) in [7, 11) is 0. The molecule has 1 aliphatic carbocycles. The lowest BCUT2D eigenvalue weighted by Gasteiger charge is -2.12. The smallest absolute Gasteiger partial charge is 0.126 e. The molecule has 1 aliphatic rings. The Hall–Kier alpha value is -0.930. The lowest BCUT2D eigenvalue weighted by atomic mass is 9.98. The van der Waals surface area contributed by atoms with Gasteiger partial charge in [0.2, 0.25) is 0 Å². The van der Waals surface area contributed by atoms with E-state index in [1.807, 2.05) is 13.0 Å². The van der Waals surface area contributed by atoms with Gasteiger partial charge in [0, 0.05) is 12.0 Å². The Bertz CT molecular complexity index is 374. The molecule has 0 radical (unpaired) electrons. The largest absolute Gasteiger partial charge is 0.396 e. The summed E-state index contributed by atoms with van der Waals surface area (Å²) in [4.78, 5) is 0. The maximum Gasteiger partial charge on any atom is 0.126 e. The van der Waals surface area contributed by atoms with Crippen molar-refractivity contribution >= 4 is 0 Å². The van der Waals surface area contributed by atoms with Crippen LogP contribution in [0.3, 0.4) is 0 Å². The van der Waals surface area contributed by atoms with E-state index in [1.165, 1.54) is 6.07 Å². The summed E-state index contributed by atoms with van der Waals surface area (Å²) in [5.74, 6) is -0.0956. The molecule has 2 nitrogen and oxygen atoms in total. The van der Waals surface area contributed by atoms with Crippen molar-refractivity contribution in [1.82, 2.24) is 0 Å². The van der Waals surface area contributed by atoms with E-state index in [9.17, 15) is 9.50 Å². The molecule has 0 heterocycles. The van der Waals surface area contributed by atoms with Crippen LogP contribution in [0.15, 0.2) is 18.2 Å². The lowest BCUT2D eigenvalue weighted by molar-refractivity contribution is 0.211. The predicted molar refractivity (Wildman–Crippen MR) is 57.1 cm³/mol. The minimum atomic E-state index is -0.269. The summed E-state index contributed by atoms with van der Waals surface area (Å²) >= 11 is 0. The molecule has 1 aromatic carbocycles. The van der Waals surface area contributed by atoms with Crippen LogP contribution in [-0.4, -0.2) is 18.3 Å². The third-order valence-corrected chi connectivity index (χ3v) is 3.44. The minimum Gasteiger partial charge on any atom is -0.396 e. The highest BCUT2D eigenvalue weighted by molar-refractivity contribution is 5.34. The van der Waals surface area contributed by atoms with Gasteiger partial charge in [-0.05, 0) is 30.9 Å². The normalized spacial score (nSPS) is 29.2. The zero-order chi connectivity index (χ0) is 11.1. The summed E-state index contributed by atoms with van der Waals surface area (Å²) in [6.07, 6.45) is 0.792. The number of aliphatic hydroxyl groups excluding tert-OH is 1. The quantitative estimate of drug-likeness (QED) is 0.793. The van der Waals surface area contributed by atoms with Crippen molar-refractivity contribution in [3.8, 4) is 0 Å². The van der Waals surface area contributed by atoms with Gasteiger partial charge < -0.3 is 10.8 Å². The topological polar surface area (TPSA) is 46.2 Å². The van der Waals surface area contributed by atoms with Crippen LogP contribution in [0.2, 0.25) is 0 Å². The highest BCUT2D eigenvalue weighted by Crippen LogP contribution is 2.58. The second-order valence-corrected chi connectivity index (χ2v) is 4.51. The van der Waals surface area contributed by atoms with E-state index < -0.39 is 0 Å². The van der Waals surface area contributed by atoms with Gasteiger partial charge in [-0.1, -0.05) is 17.7 Å². The van der Waals surface area contributed by atoms with Crippen molar-refractivity contribution in [3.05, 3.63) is 35.1 Å². The molecule has 15 heavy (non-hydrogen) atoms. The van der Waals surface area contributed by atoms with Gasteiger partial charge in [0.25, 0.3) is 0 Å². The van der Waals surface area contributed by atoms with E-state index in [0.717, 1.165) is 12.0 Å². The van der Waals surface area contributed by atoms with Gasteiger partial charge >= 0.3 is 0 Å². The van der Waals surface area contributed by atoms with Crippen LogP contribution in [-0.2, 0) is 0 Å². The molecule has 0 saturated heterocycles. The molecule has 2 rings (SSSR count). The van der Waals surface area contributed by atoms with Crippen molar-refractivity contribution in [3.63, 3.8) is 0 Å². The van der Waals surface area contributed by atoms with Gasteiger partial charge in [0.15, 0.2) is 0 Å². The highest BCUT2D eigenvalue weighted by atomic mass is 19.1. The summed E-state index contributed by atoms with van der Waals surface area (Å²) in [5.41, 5.74) is 7.09. The third kappa shape index (κ3) is 1.66. The first-order valence-electron chi connectivity index (χ1n) is 5.20. The van der Waals surface area contributed by atoms with E-state index in [-0.39, 0.29) is 23.8 Å². The summed E-state index contributed by atoms with van der Waals surface area (Å²) in [6.45, 7) is 2.40. The van der Waals surface area contributed by atoms with Crippen LogP contribution in [0.4, 0.5) is 4.39 Å². The number of hydrogen-bond donors (Lipinski definition) is 2. The van der Waals surface area contributed by atoms with Gasteiger partial charge in [-0.3, -0.25) is 0 Å². The Morgan fingerprint density at radius 1 is 1.60 bits per heavy atom. The Labute approximate surface area is 88.9 Å². The fraction of sp³-hybridized carbons (Fsp3) is 0.500. The first-order chi connectivity index (χ1) is 7.13. The molecule has 2 atom stereocenters. The van der Waals surface area contributed by atoms with Gasteiger partial charge in [-0.2, -0.15) is 0 Å². The number of benzene rings is 1. The van der Waals surface area contributed by atoms with Crippen molar-refractivity contribution in [2.75, 3.05) is 13.2 Å². The van der Waals surface area contributed by atoms with E-state index in [2.05, 4.69) is 0 Å². The molecule has 0 aliphatic heterocycles. The van der Waals surface area contributed by atoms with Crippen LogP contribution in [0, 0.1) is 18.2 Å². The van der Waals surface area contributed by atoms with E-state index in [1.54, 1.807) is 6.07 Å². The van der Waals surface area contributed by atoms with Crippen LogP contribution < -0.4 is 5.73 Å². The molecule has 1 saturated carbocycles. The van der Waals surface area contributed by atoms with Crippen LogP contribution in [0.5, 0.6) is 0 Å². The first-order valence-corrected chi connectivity index (χ1v) is 5.20. The summed E-state index contributed by atoms with van der Waals surface area (Å²) in [6, 6.07) is 5.10. The molecule has 0 bridgehead atoms. The van der Waals surface area contributed by atoms with Crippen LogP contribution in [0.25, 0.3) is 0 Å². The average Bonchev–Trinajstić information content (AvgIpc) is 2.97. The Kier molecular flexibility index (Phi) is 2.52. The Morgan fingerprint density at radius 2 is 2.33 bits per heavy atom. The summed E-state index contributed by atoms with van der Waals surface area (Å²) in [5, 5.41) is 9.25. The zero-order valence-corrected chi connectivity index (χ0v) is 8.83. The zero-order valence-electron chi connectivity index (χ0n) is 8.83. The second kappa shape index (κ2) is 3.58. The van der Waals surface area contributed by atoms with Gasteiger partial charge in [-0.15, -0.1) is 0 Å². The molecule has 82 valence electrons. The van der Waals surface area contributed by atoms with Crippen molar-refractivity contribution in [2.24, 2.45) is 11.1 Å². The predicted octanol–water partition coefficient (Wildman–Crippen LogP) is 1.56. The van der Waals surface area contributed by atoms with Crippen molar-refractivity contribution < 1.29 is 9.50 Å². The Balaban J connectivity index is 2.29. The van der Waals surface area contributed by atoms with Crippen LogP contribution in [0.1, 0.15) is 23.5 Å². The number of hydrogen-bond acceptors (Lipinski definition) is 2. The maximum atomic E-state index is 13.6.